The molecule has 1 aliphatic heterocycles. The molecule has 1 aromatic heterocycles. The summed E-state index contributed by atoms with van der Waals surface area (Å²) in [5.41, 5.74) is 2.57. The SMILES string of the molecule is Cc1nn(C)c(Cl)c1S(=O)(=O)N(C)CCCC(=O)N(C)CCc1ccc(C2=NCCN2)cc1. The number of rotatable bonds is 10. The Morgan fingerprint density at radius 1 is 1.21 bits per heavy atom. The summed E-state index contributed by atoms with van der Waals surface area (Å²) in [6.45, 7) is 4.10. The molecule has 180 valence electrons. The van der Waals surface area contributed by atoms with E-state index in [0.717, 1.165) is 36.5 Å². The number of carbonyl (C=O) groups excluding carboxylic acids is 1. The molecule has 1 aliphatic rings. The highest BCUT2D eigenvalue weighted by Gasteiger charge is 2.29. The molecule has 0 saturated carbocycles. The van der Waals surface area contributed by atoms with Gasteiger partial charge in [-0.15, -0.1) is 0 Å². The van der Waals surface area contributed by atoms with Crippen molar-refractivity contribution in [3.63, 3.8) is 0 Å². The number of carbonyl (C=O) groups is 1. The van der Waals surface area contributed by atoms with E-state index >= 15 is 0 Å². The number of nitrogens with zero attached hydrogens (tertiary/aromatic N) is 5. The molecule has 1 N–H and O–H groups in total. The molecule has 0 saturated heterocycles. The Morgan fingerprint density at radius 3 is 2.48 bits per heavy atom. The van der Waals surface area contributed by atoms with Crippen molar-refractivity contribution in [2.75, 3.05) is 40.3 Å². The number of likely N-dealkylation sites (N-methyl/N-ethyl adjacent to an activating group) is 1. The fourth-order valence-electron chi connectivity index (χ4n) is 3.67. The zero-order chi connectivity index (χ0) is 24.2. The largest absolute Gasteiger partial charge is 0.368 e. The number of aromatic nitrogens is 2. The second kappa shape index (κ2) is 10.7. The van der Waals surface area contributed by atoms with Gasteiger partial charge in [-0.25, -0.2) is 12.7 Å². The third-order valence-corrected chi connectivity index (χ3v) is 8.25. The summed E-state index contributed by atoms with van der Waals surface area (Å²) in [5, 5.41) is 7.40. The molecule has 2 aromatic rings. The summed E-state index contributed by atoms with van der Waals surface area (Å²) in [7, 11) is 1.08. The van der Waals surface area contributed by atoms with Crippen LogP contribution in [0.4, 0.5) is 0 Å². The van der Waals surface area contributed by atoms with Gasteiger partial charge >= 0.3 is 0 Å². The van der Waals surface area contributed by atoms with Crippen molar-refractivity contribution in [1.82, 2.24) is 24.3 Å². The van der Waals surface area contributed by atoms with E-state index in [1.54, 1.807) is 25.9 Å². The Kier molecular flexibility index (Phi) is 8.14. The van der Waals surface area contributed by atoms with E-state index in [4.69, 9.17) is 11.6 Å². The predicted octanol–water partition coefficient (Wildman–Crippen LogP) is 1.83. The van der Waals surface area contributed by atoms with E-state index in [2.05, 4.69) is 27.5 Å². The normalized spacial score (nSPS) is 13.8. The molecule has 11 heteroatoms. The van der Waals surface area contributed by atoms with Gasteiger partial charge in [-0.1, -0.05) is 35.9 Å². The quantitative estimate of drug-likeness (QED) is 0.543. The lowest BCUT2D eigenvalue weighted by Gasteiger charge is -2.19. The number of hydrogen-bond acceptors (Lipinski definition) is 6. The fraction of sp³-hybridized carbons (Fsp3) is 0.500. The minimum Gasteiger partial charge on any atom is -0.368 e. The monoisotopic (exact) mass is 494 g/mol. The van der Waals surface area contributed by atoms with Crippen LogP contribution in [0.3, 0.4) is 0 Å². The molecule has 0 unspecified atom stereocenters. The molecule has 9 nitrogen and oxygen atoms in total. The summed E-state index contributed by atoms with van der Waals surface area (Å²) >= 11 is 6.12. The lowest BCUT2D eigenvalue weighted by molar-refractivity contribution is -0.130. The standard InChI is InChI=1S/C22H31ClN6O3S/c1-16-20(21(23)29(4)26-16)33(31,32)28(3)14-5-6-19(30)27(2)15-11-17-7-9-18(10-8-17)22-24-12-13-25-22/h7-10H,5-6,11-15H2,1-4H3,(H,24,25). The maximum Gasteiger partial charge on any atom is 0.247 e. The minimum absolute atomic E-state index is 0.0133. The van der Waals surface area contributed by atoms with E-state index in [-0.39, 0.29) is 28.9 Å². The van der Waals surface area contributed by atoms with Crippen LogP contribution in [0.1, 0.15) is 29.7 Å². The number of nitrogens with one attached hydrogen (secondary N) is 1. The molecule has 33 heavy (non-hydrogen) atoms. The smallest absolute Gasteiger partial charge is 0.247 e. The van der Waals surface area contributed by atoms with Crippen LogP contribution >= 0.6 is 11.6 Å². The molecule has 2 heterocycles. The summed E-state index contributed by atoms with van der Waals surface area (Å²) in [6.07, 6.45) is 1.43. The second-order valence-corrected chi connectivity index (χ2v) is 10.5. The molecule has 1 amide bonds. The first-order valence-electron chi connectivity index (χ1n) is 10.9. The molecule has 0 radical (unpaired) electrons. The maximum absolute atomic E-state index is 12.8. The lowest BCUT2D eigenvalue weighted by atomic mass is 10.1. The summed E-state index contributed by atoms with van der Waals surface area (Å²) in [5.74, 6) is 0.916. The van der Waals surface area contributed by atoms with Gasteiger partial charge in [0.05, 0.1) is 12.2 Å². The summed E-state index contributed by atoms with van der Waals surface area (Å²) in [6, 6.07) is 8.20. The number of benzene rings is 1. The molecule has 0 fully saturated rings. The van der Waals surface area contributed by atoms with E-state index in [1.807, 2.05) is 12.1 Å². The summed E-state index contributed by atoms with van der Waals surface area (Å²) < 4.78 is 28.3. The first kappa shape index (κ1) is 25.2. The average Bonchev–Trinajstić information content (AvgIpc) is 3.40. The topological polar surface area (TPSA) is 99.9 Å². The zero-order valence-electron chi connectivity index (χ0n) is 19.5. The van der Waals surface area contributed by atoms with Crippen LogP contribution in [-0.4, -0.2) is 79.4 Å². The first-order chi connectivity index (χ1) is 15.6. The van der Waals surface area contributed by atoms with Crippen molar-refractivity contribution in [2.24, 2.45) is 12.0 Å². The molecule has 1 aromatic carbocycles. The van der Waals surface area contributed by atoms with Crippen molar-refractivity contribution >= 4 is 33.4 Å². The second-order valence-electron chi connectivity index (χ2n) is 8.18. The number of amidine groups is 1. The van der Waals surface area contributed by atoms with Gasteiger partial charge in [0.15, 0.2) is 0 Å². The van der Waals surface area contributed by atoms with Crippen LogP contribution < -0.4 is 5.32 Å². The van der Waals surface area contributed by atoms with Gasteiger partial charge in [-0.2, -0.15) is 5.10 Å². The highest BCUT2D eigenvalue weighted by atomic mass is 35.5. The molecule has 3 rings (SSSR count). The highest BCUT2D eigenvalue weighted by molar-refractivity contribution is 7.89. The van der Waals surface area contributed by atoms with Crippen LogP contribution in [0.25, 0.3) is 0 Å². The van der Waals surface area contributed by atoms with Crippen LogP contribution in [0.2, 0.25) is 5.15 Å². The number of amides is 1. The van der Waals surface area contributed by atoms with Gasteiger partial charge in [0, 0.05) is 52.8 Å². The van der Waals surface area contributed by atoms with Crippen molar-refractivity contribution < 1.29 is 13.2 Å². The van der Waals surface area contributed by atoms with Crippen molar-refractivity contribution in [3.05, 3.63) is 46.2 Å². The Balaban J connectivity index is 1.45. The summed E-state index contributed by atoms with van der Waals surface area (Å²) in [4.78, 5) is 18.6. The maximum atomic E-state index is 12.8. The van der Waals surface area contributed by atoms with Crippen molar-refractivity contribution in [2.45, 2.75) is 31.1 Å². The molecular weight excluding hydrogens is 464 g/mol. The highest BCUT2D eigenvalue weighted by Crippen LogP contribution is 2.26. The van der Waals surface area contributed by atoms with E-state index in [1.165, 1.54) is 16.0 Å². The van der Waals surface area contributed by atoms with E-state index < -0.39 is 10.0 Å². The van der Waals surface area contributed by atoms with Crippen LogP contribution in [0.15, 0.2) is 34.2 Å². The Morgan fingerprint density at radius 2 is 1.91 bits per heavy atom. The Hall–Kier alpha value is -2.43. The predicted molar refractivity (Wildman–Crippen MR) is 129 cm³/mol. The molecule has 0 spiro atoms. The molecule has 0 bridgehead atoms. The van der Waals surface area contributed by atoms with Crippen LogP contribution in [0.5, 0.6) is 0 Å². The molecule has 0 atom stereocenters. The minimum atomic E-state index is -3.77. The van der Waals surface area contributed by atoms with Crippen LogP contribution in [-0.2, 0) is 28.3 Å². The fourth-order valence-corrected chi connectivity index (χ4v) is 5.57. The van der Waals surface area contributed by atoms with Crippen molar-refractivity contribution in [1.29, 1.82) is 0 Å². The number of sulfonamides is 1. The van der Waals surface area contributed by atoms with Gasteiger partial charge in [0.2, 0.25) is 15.9 Å². The average molecular weight is 495 g/mol. The Labute approximate surface area is 200 Å². The number of aliphatic imine (C=N–C) groups is 1. The third kappa shape index (κ3) is 5.93. The molecular formula is C22H31ClN6O3S. The third-order valence-electron chi connectivity index (χ3n) is 5.70. The zero-order valence-corrected chi connectivity index (χ0v) is 21.1. The van der Waals surface area contributed by atoms with Gasteiger partial charge in [0.1, 0.15) is 15.9 Å². The Bertz CT molecular complexity index is 1130. The van der Waals surface area contributed by atoms with Crippen LogP contribution in [0, 0.1) is 6.92 Å². The lowest BCUT2D eigenvalue weighted by Crippen LogP contribution is -2.31. The van der Waals surface area contributed by atoms with Gasteiger partial charge in [-0.05, 0) is 25.3 Å². The van der Waals surface area contributed by atoms with Gasteiger partial charge in [0.25, 0.3) is 0 Å². The van der Waals surface area contributed by atoms with Gasteiger partial charge in [-0.3, -0.25) is 14.5 Å². The van der Waals surface area contributed by atoms with Gasteiger partial charge < -0.3 is 10.2 Å². The number of halogens is 1. The number of aryl methyl sites for hydroxylation is 2. The van der Waals surface area contributed by atoms with Crippen molar-refractivity contribution in [3.8, 4) is 0 Å². The molecule has 0 aliphatic carbocycles. The number of hydrogen-bond donors (Lipinski definition) is 1. The first-order valence-corrected chi connectivity index (χ1v) is 12.7. The van der Waals surface area contributed by atoms with E-state index in [0.29, 0.717) is 18.7 Å². The van der Waals surface area contributed by atoms with E-state index in [9.17, 15) is 13.2 Å².